The van der Waals surface area contributed by atoms with Crippen molar-refractivity contribution in [3.8, 4) is 0 Å². The minimum atomic E-state index is -1.03. The lowest BCUT2D eigenvalue weighted by Gasteiger charge is -2.38. The smallest absolute Gasteiger partial charge is 0.231 e. The summed E-state index contributed by atoms with van der Waals surface area (Å²) in [4.78, 5) is 26.6. The largest absolute Gasteiger partial charge is 0.381 e. The van der Waals surface area contributed by atoms with Gasteiger partial charge >= 0.3 is 0 Å². The number of benzene rings is 1. The minimum Gasteiger partial charge on any atom is -0.381 e. The highest BCUT2D eigenvalue weighted by molar-refractivity contribution is 6.42. The van der Waals surface area contributed by atoms with E-state index >= 15 is 0 Å². The lowest BCUT2D eigenvalue weighted by molar-refractivity contribution is -0.133. The van der Waals surface area contributed by atoms with Crippen LogP contribution in [-0.2, 0) is 9.53 Å². The molecular weight excluding hydrogens is 504 g/mol. The van der Waals surface area contributed by atoms with Crippen molar-refractivity contribution in [2.75, 3.05) is 50.8 Å². The van der Waals surface area contributed by atoms with Crippen LogP contribution in [0.2, 0.25) is 10.0 Å². The van der Waals surface area contributed by atoms with Crippen molar-refractivity contribution in [1.82, 2.24) is 20.2 Å². The molecule has 10 heteroatoms. The van der Waals surface area contributed by atoms with E-state index in [1.165, 1.54) is 6.33 Å². The first-order valence-electron chi connectivity index (χ1n) is 12.7. The van der Waals surface area contributed by atoms with Crippen molar-refractivity contribution in [2.45, 2.75) is 50.2 Å². The van der Waals surface area contributed by atoms with Crippen molar-refractivity contribution < 1.29 is 13.9 Å². The molecule has 1 aliphatic carbocycles. The third kappa shape index (κ3) is 5.32. The SMILES string of the molecule is C[C@@H]1C[C@H](F)c2ncnc(N3CCN(C(=O)[C@H](CNC4CCOCC4)c4ccc(Cl)c(Cl)c4)CC3)c21. The van der Waals surface area contributed by atoms with Crippen LogP contribution in [0.5, 0.6) is 0 Å². The minimum absolute atomic E-state index is 0.0673. The zero-order chi connectivity index (χ0) is 25.2. The van der Waals surface area contributed by atoms with Gasteiger partial charge in [0.25, 0.3) is 0 Å². The van der Waals surface area contributed by atoms with Gasteiger partial charge in [-0.25, -0.2) is 14.4 Å². The molecule has 3 heterocycles. The quantitative estimate of drug-likeness (QED) is 0.587. The fraction of sp³-hybridized carbons (Fsp3) is 0.577. The fourth-order valence-corrected chi connectivity index (χ4v) is 5.84. The number of halogens is 3. The Labute approximate surface area is 221 Å². The predicted octanol–water partition coefficient (Wildman–Crippen LogP) is 4.50. The second-order valence-electron chi connectivity index (χ2n) is 9.93. The van der Waals surface area contributed by atoms with Gasteiger partial charge in [0, 0.05) is 57.5 Å². The molecule has 0 saturated carbocycles. The van der Waals surface area contributed by atoms with Crippen molar-refractivity contribution in [1.29, 1.82) is 0 Å². The molecule has 5 rings (SSSR count). The number of carbonyl (C=O) groups excluding carboxylic acids is 1. The molecule has 36 heavy (non-hydrogen) atoms. The summed E-state index contributed by atoms with van der Waals surface area (Å²) < 4.78 is 19.9. The number of hydrogen-bond acceptors (Lipinski definition) is 6. The first kappa shape index (κ1) is 25.6. The Morgan fingerprint density at radius 2 is 1.92 bits per heavy atom. The van der Waals surface area contributed by atoms with Gasteiger partial charge < -0.3 is 19.9 Å². The van der Waals surface area contributed by atoms with Gasteiger partial charge in [0.2, 0.25) is 5.91 Å². The van der Waals surface area contributed by atoms with E-state index < -0.39 is 6.17 Å². The van der Waals surface area contributed by atoms with Crippen LogP contribution < -0.4 is 10.2 Å². The molecule has 194 valence electrons. The molecular formula is C26H32Cl2FN5O2. The Kier molecular flexibility index (Phi) is 7.96. The lowest BCUT2D eigenvalue weighted by atomic mass is 9.96. The summed E-state index contributed by atoms with van der Waals surface area (Å²) in [6, 6.07) is 5.76. The fourth-order valence-electron chi connectivity index (χ4n) is 5.54. The number of ether oxygens (including phenoxy) is 1. The monoisotopic (exact) mass is 535 g/mol. The highest BCUT2D eigenvalue weighted by atomic mass is 35.5. The van der Waals surface area contributed by atoms with Gasteiger partial charge in [-0.1, -0.05) is 36.2 Å². The van der Waals surface area contributed by atoms with Crippen LogP contribution in [0, 0.1) is 0 Å². The summed E-state index contributed by atoms with van der Waals surface area (Å²) in [5.74, 6) is 0.589. The third-order valence-electron chi connectivity index (χ3n) is 7.61. The Balaban J connectivity index is 1.29. The van der Waals surface area contributed by atoms with E-state index in [1.807, 2.05) is 17.9 Å². The van der Waals surface area contributed by atoms with E-state index in [0.717, 1.165) is 43.0 Å². The number of fused-ring (bicyclic) bond motifs is 1. The first-order chi connectivity index (χ1) is 17.4. The number of aromatic nitrogens is 2. The van der Waals surface area contributed by atoms with E-state index in [2.05, 4.69) is 20.2 Å². The summed E-state index contributed by atoms with van der Waals surface area (Å²) in [6.45, 7) is 6.44. The average Bonchev–Trinajstić information content (AvgIpc) is 3.20. The normalized spacial score (nSPS) is 23.6. The van der Waals surface area contributed by atoms with Gasteiger partial charge in [-0.3, -0.25) is 4.79 Å². The van der Waals surface area contributed by atoms with Crippen LogP contribution >= 0.6 is 23.2 Å². The number of hydrogen-bond donors (Lipinski definition) is 1. The molecule has 1 aromatic carbocycles. The highest BCUT2D eigenvalue weighted by Crippen LogP contribution is 2.44. The molecule has 2 aromatic rings. The molecule has 7 nitrogen and oxygen atoms in total. The summed E-state index contributed by atoms with van der Waals surface area (Å²) in [6.07, 6.45) is 2.74. The third-order valence-corrected chi connectivity index (χ3v) is 8.35. The molecule has 0 bridgehead atoms. The number of rotatable bonds is 6. The maximum absolute atomic E-state index is 14.4. The topological polar surface area (TPSA) is 70.6 Å². The van der Waals surface area contributed by atoms with Gasteiger partial charge in [-0.2, -0.15) is 0 Å². The Morgan fingerprint density at radius 3 is 2.64 bits per heavy atom. The summed E-state index contributed by atoms with van der Waals surface area (Å²) in [5.41, 5.74) is 2.29. The predicted molar refractivity (Wildman–Crippen MR) is 139 cm³/mol. The number of carbonyl (C=O) groups is 1. The molecule has 0 unspecified atom stereocenters. The maximum atomic E-state index is 14.4. The molecule has 2 fully saturated rings. The lowest BCUT2D eigenvalue weighted by Crippen LogP contribution is -2.51. The van der Waals surface area contributed by atoms with Gasteiger partial charge in [0.05, 0.1) is 21.7 Å². The second kappa shape index (κ2) is 11.2. The number of nitrogens with zero attached hydrogens (tertiary/aromatic N) is 4. The van der Waals surface area contributed by atoms with Crippen molar-refractivity contribution in [3.05, 3.63) is 51.4 Å². The molecule has 3 atom stereocenters. The first-order valence-corrected chi connectivity index (χ1v) is 13.5. The van der Waals surface area contributed by atoms with Crippen molar-refractivity contribution in [3.63, 3.8) is 0 Å². The second-order valence-corrected chi connectivity index (χ2v) is 10.7. The van der Waals surface area contributed by atoms with Gasteiger partial charge in [-0.15, -0.1) is 0 Å². The molecule has 1 aromatic heterocycles. The van der Waals surface area contributed by atoms with Crippen LogP contribution in [0.4, 0.5) is 10.2 Å². The maximum Gasteiger partial charge on any atom is 0.231 e. The Morgan fingerprint density at radius 1 is 1.17 bits per heavy atom. The highest BCUT2D eigenvalue weighted by Gasteiger charge is 2.36. The van der Waals surface area contributed by atoms with E-state index in [4.69, 9.17) is 27.9 Å². The van der Waals surface area contributed by atoms with Crippen LogP contribution in [0.1, 0.15) is 61.0 Å². The van der Waals surface area contributed by atoms with Crippen LogP contribution in [0.25, 0.3) is 0 Å². The van der Waals surface area contributed by atoms with E-state index in [0.29, 0.717) is 60.9 Å². The molecule has 0 radical (unpaired) electrons. The summed E-state index contributed by atoms with van der Waals surface area (Å²) in [5, 5.41) is 4.50. The van der Waals surface area contributed by atoms with E-state index in [1.54, 1.807) is 12.1 Å². The van der Waals surface area contributed by atoms with Crippen molar-refractivity contribution >= 4 is 34.9 Å². The van der Waals surface area contributed by atoms with Gasteiger partial charge in [0.15, 0.2) is 0 Å². The van der Waals surface area contributed by atoms with Crippen LogP contribution in [0.3, 0.4) is 0 Å². The molecule has 2 saturated heterocycles. The van der Waals surface area contributed by atoms with Crippen LogP contribution in [0.15, 0.2) is 24.5 Å². The molecule has 1 N–H and O–H groups in total. The van der Waals surface area contributed by atoms with Crippen LogP contribution in [-0.4, -0.2) is 72.8 Å². The number of piperazine rings is 1. The summed E-state index contributed by atoms with van der Waals surface area (Å²) >= 11 is 12.5. The molecule has 1 amide bonds. The summed E-state index contributed by atoms with van der Waals surface area (Å²) in [7, 11) is 0. The zero-order valence-corrected chi connectivity index (χ0v) is 21.9. The Hall–Kier alpha value is -2.00. The zero-order valence-electron chi connectivity index (χ0n) is 20.4. The van der Waals surface area contributed by atoms with E-state index in [-0.39, 0.29) is 17.7 Å². The molecule has 3 aliphatic rings. The number of amides is 1. The van der Waals surface area contributed by atoms with E-state index in [9.17, 15) is 9.18 Å². The van der Waals surface area contributed by atoms with Gasteiger partial charge in [-0.05, 0) is 42.9 Å². The number of nitrogens with one attached hydrogen (secondary N) is 1. The van der Waals surface area contributed by atoms with Gasteiger partial charge in [0.1, 0.15) is 18.3 Å². The average molecular weight is 536 g/mol. The van der Waals surface area contributed by atoms with Crippen molar-refractivity contribution in [2.24, 2.45) is 0 Å². The molecule has 0 spiro atoms. The molecule has 2 aliphatic heterocycles. The standard InChI is InChI=1S/C26H32Cl2FN5O2/c1-16-12-22(29)24-23(16)25(32-15-31-24)33-6-8-34(9-7-33)26(35)19(14-30-18-4-10-36-11-5-18)17-2-3-20(27)21(28)13-17/h2-3,13,15-16,18-19,22,30H,4-12,14H2,1H3/t16-,19-,22+/m1/s1. The number of anilines is 1. The number of alkyl halides is 1. The Bertz CT molecular complexity index is 1090.